The Morgan fingerprint density at radius 1 is 1.05 bits per heavy atom. The maximum atomic E-state index is 11.1. The van der Waals surface area contributed by atoms with Gasteiger partial charge in [-0.05, 0) is 6.42 Å². The van der Waals surface area contributed by atoms with Crippen molar-refractivity contribution in [3.05, 3.63) is 30.6 Å². The van der Waals surface area contributed by atoms with E-state index in [9.17, 15) is 21.6 Å². The van der Waals surface area contributed by atoms with Gasteiger partial charge in [0.15, 0.2) is 12.4 Å². The van der Waals surface area contributed by atoms with Gasteiger partial charge in [-0.2, -0.15) is 34.6 Å². The van der Waals surface area contributed by atoms with Crippen molar-refractivity contribution >= 4 is 20.2 Å². The van der Waals surface area contributed by atoms with Crippen molar-refractivity contribution in [1.82, 2.24) is 0 Å². The predicted octanol–water partition coefficient (Wildman–Crippen LogP) is 1.55. The summed E-state index contributed by atoms with van der Waals surface area (Å²) in [5.41, 5.74) is -5.53. The quantitative estimate of drug-likeness (QED) is 0.475. The van der Waals surface area contributed by atoms with Crippen molar-refractivity contribution in [1.29, 1.82) is 0 Å². The number of rotatable bonds is 4. The molecule has 0 aromatic carbocycles. The van der Waals surface area contributed by atoms with E-state index in [4.69, 9.17) is 17.5 Å². The van der Waals surface area contributed by atoms with E-state index < -0.39 is 31.1 Å². The summed E-state index contributed by atoms with van der Waals surface area (Å²) in [5, 5.41) is -0.867. The first-order chi connectivity index (χ1) is 9.80. The molecular formula is C10H15F3NO6S2+. The summed E-state index contributed by atoms with van der Waals surface area (Å²) >= 11 is 0. The number of alkyl halides is 3. The van der Waals surface area contributed by atoms with Gasteiger partial charge < -0.3 is 0 Å². The van der Waals surface area contributed by atoms with Gasteiger partial charge in [0, 0.05) is 18.6 Å². The molecule has 7 nitrogen and oxygen atoms in total. The van der Waals surface area contributed by atoms with E-state index in [1.165, 1.54) is 4.57 Å². The Hall–Kier alpha value is -1.24. The fourth-order valence-corrected chi connectivity index (χ4v) is 2.28. The number of hydrogen-bond donors (Lipinski definition) is 2. The van der Waals surface area contributed by atoms with E-state index in [-0.39, 0.29) is 0 Å². The molecule has 12 heteroatoms. The molecule has 1 unspecified atom stereocenters. The molecule has 0 spiro atoms. The molecule has 2 N–H and O–H groups in total. The smallest absolute Gasteiger partial charge is 0.280 e. The SMILES string of the molecule is CCCC([n+]1ccccc1)S(=O)(=O)O.O=S(=O)(O)C(F)(F)F. The van der Waals surface area contributed by atoms with Crippen LogP contribution in [0.3, 0.4) is 0 Å². The number of nitrogens with zero attached hydrogens (tertiary/aromatic N) is 1. The first-order valence-corrected chi connectivity index (χ1v) is 8.71. The molecule has 0 saturated carbocycles. The highest BCUT2D eigenvalue weighted by Crippen LogP contribution is 2.20. The minimum Gasteiger partial charge on any atom is -0.280 e. The number of hydrogen-bond acceptors (Lipinski definition) is 4. The second-order valence-electron chi connectivity index (χ2n) is 4.00. The van der Waals surface area contributed by atoms with Gasteiger partial charge in [0.05, 0.1) is 0 Å². The third-order valence-corrected chi connectivity index (χ3v) is 3.99. The molecule has 0 bridgehead atoms. The van der Waals surface area contributed by atoms with Crippen LogP contribution in [0, 0.1) is 0 Å². The van der Waals surface area contributed by atoms with Gasteiger partial charge in [0.25, 0.3) is 5.37 Å². The van der Waals surface area contributed by atoms with Crippen LogP contribution in [-0.4, -0.2) is 31.4 Å². The Labute approximate surface area is 125 Å². The van der Waals surface area contributed by atoms with E-state index in [0.29, 0.717) is 12.8 Å². The topological polar surface area (TPSA) is 113 Å². The lowest BCUT2D eigenvalue weighted by atomic mass is 10.3. The zero-order valence-electron chi connectivity index (χ0n) is 11.3. The standard InChI is InChI=1S/C9H13NO3S.CHF3O3S/c1-2-6-9(14(11,12)13)10-7-4-3-5-8-10;2-1(3,4)8(5,6)7/h3-5,7-9H,2,6H2,1H3;(H,5,6,7)/p+1. The molecule has 1 rings (SSSR count). The Morgan fingerprint density at radius 2 is 1.45 bits per heavy atom. The molecule has 0 fully saturated rings. The maximum Gasteiger partial charge on any atom is 0.522 e. The summed E-state index contributed by atoms with van der Waals surface area (Å²) in [6.07, 6.45) is 4.38. The molecule has 22 heavy (non-hydrogen) atoms. The lowest BCUT2D eigenvalue weighted by Crippen LogP contribution is -2.42. The summed E-state index contributed by atoms with van der Waals surface area (Å²) in [7, 11) is -9.86. The maximum absolute atomic E-state index is 11.1. The molecule has 1 atom stereocenters. The molecule has 0 aliphatic carbocycles. The molecule has 0 saturated heterocycles. The predicted molar refractivity (Wildman–Crippen MR) is 69.7 cm³/mol. The van der Waals surface area contributed by atoms with Crippen LogP contribution in [0.15, 0.2) is 30.6 Å². The Morgan fingerprint density at radius 3 is 1.73 bits per heavy atom. The average Bonchev–Trinajstić information content (AvgIpc) is 2.34. The molecule has 0 radical (unpaired) electrons. The Bertz CT molecular complexity index is 658. The Balaban J connectivity index is 0.000000472. The van der Waals surface area contributed by atoms with Gasteiger partial charge in [-0.3, -0.25) is 9.11 Å². The van der Waals surface area contributed by atoms with E-state index in [2.05, 4.69) is 0 Å². The van der Waals surface area contributed by atoms with Crippen LogP contribution in [0.1, 0.15) is 25.1 Å². The summed E-state index contributed by atoms with van der Waals surface area (Å²) in [6, 6.07) is 5.26. The van der Waals surface area contributed by atoms with Crippen LogP contribution in [0.4, 0.5) is 13.2 Å². The molecule has 1 aromatic heterocycles. The number of aromatic nitrogens is 1. The highest BCUT2D eigenvalue weighted by atomic mass is 32.2. The van der Waals surface area contributed by atoms with Gasteiger partial charge >= 0.3 is 25.7 Å². The highest BCUT2D eigenvalue weighted by molar-refractivity contribution is 7.86. The molecule has 0 aliphatic rings. The number of halogens is 3. The van der Waals surface area contributed by atoms with Crippen LogP contribution in [0.25, 0.3) is 0 Å². The van der Waals surface area contributed by atoms with E-state index >= 15 is 0 Å². The zero-order chi connectivity index (χ0) is 17.6. The van der Waals surface area contributed by atoms with Crippen molar-refractivity contribution in [3.63, 3.8) is 0 Å². The molecular weight excluding hydrogens is 351 g/mol. The van der Waals surface area contributed by atoms with Crippen LogP contribution >= 0.6 is 0 Å². The fraction of sp³-hybridized carbons (Fsp3) is 0.500. The first-order valence-electron chi connectivity index (χ1n) is 5.76. The number of pyridine rings is 1. The summed E-state index contributed by atoms with van der Waals surface area (Å²) in [5.74, 6) is 0. The van der Waals surface area contributed by atoms with Gasteiger partial charge in [0.2, 0.25) is 0 Å². The van der Waals surface area contributed by atoms with Crippen molar-refractivity contribution < 1.29 is 43.7 Å². The summed E-state index contributed by atoms with van der Waals surface area (Å²) < 4.78 is 90.2. The van der Waals surface area contributed by atoms with Gasteiger partial charge in [0.1, 0.15) is 0 Å². The normalized spacial score (nSPS) is 13.9. The van der Waals surface area contributed by atoms with E-state index in [1.54, 1.807) is 30.6 Å². The van der Waals surface area contributed by atoms with Crippen LogP contribution in [0.2, 0.25) is 0 Å². The minimum atomic E-state index is -5.84. The molecule has 128 valence electrons. The average molecular weight is 366 g/mol. The third-order valence-electron chi connectivity index (χ3n) is 2.24. The Kier molecular flexibility index (Phi) is 7.41. The van der Waals surface area contributed by atoms with Crippen molar-refractivity contribution in [2.75, 3.05) is 0 Å². The molecule has 1 heterocycles. The van der Waals surface area contributed by atoms with Crippen molar-refractivity contribution in [2.24, 2.45) is 0 Å². The van der Waals surface area contributed by atoms with Crippen molar-refractivity contribution in [3.8, 4) is 0 Å². The van der Waals surface area contributed by atoms with Gasteiger partial charge in [-0.15, -0.1) is 0 Å². The zero-order valence-corrected chi connectivity index (χ0v) is 12.9. The first kappa shape index (κ1) is 20.8. The second kappa shape index (κ2) is 7.85. The van der Waals surface area contributed by atoms with Crippen molar-refractivity contribution in [2.45, 2.75) is 30.6 Å². The fourth-order valence-electron chi connectivity index (χ4n) is 1.30. The van der Waals surface area contributed by atoms with Gasteiger partial charge in [-0.25, -0.2) is 0 Å². The second-order valence-corrected chi connectivity index (χ2v) is 6.99. The van der Waals surface area contributed by atoms with Crippen LogP contribution < -0.4 is 4.57 Å². The third kappa shape index (κ3) is 7.15. The molecule has 1 aromatic rings. The van der Waals surface area contributed by atoms with Crippen LogP contribution in [-0.2, 0) is 20.2 Å². The lowest BCUT2D eigenvalue weighted by molar-refractivity contribution is -0.702. The highest BCUT2D eigenvalue weighted by Gasteiger charge is 2.44. The van der Waals surface area contributed by atoms with E-state index in [0.717, 1.165) is 0 Å². The summed E-state index contributed by atoms with van der Waals surface area (Å²) in [4.78, 5) is 0. The van der Waals surface area contributed by atoms with Gasteiger partial charge in [-0.1, -0.05) is 13.0 Å². The van der Waals surface area contributed by atoms with E-state index in [1.807, 2.05) is 6.92 Å². The summed E-state index contributed by atoms with van der Waals surface area (Å²) in [6.45, 7) is 1.88. The van der Waals surface area contributed by atoms with Crippen LogP contribution in [0.5, 0.6) is 0 Å². The monoisotopic (exact) mass is 366 g/mol. The largest absolute Gasteiger partial charge is 0.522 e. The lowest BCUT2D eigenvalue weighted by Gasteiger charge is -2.07. The molecule has 0 aliphatic heterocycles. The molecule has 0 amide bonds. The minimum absolute atomic E-state index is 0.410.